The number of urea groups is 1. The Bertz CT molecular complexity index is 673. The van der Waals surface area contributed by atoms with Crippen LogP contribution in [0, 0.1) is 6.92 Å². The Morgan fingerprint density at radius 3 is 2.46 bits per heavy atom. The van der Waals surface area contributed by atoms with Crippen molar-refractivity contribution in [2.24, 2.45) is 0 Å². The topological polar surface area (TPSA) is 50.4 Å². The van der Waals surface area contributed by atoms with E-state index < -0.39 is 0 Å². The summed E-state index contributed by atoms with van der Waals surface area (Å²) in [7, 11) is 0. The van der Waals surface area contributed by atoms with Gasteiger partial charge in [0.05, 0.1) is 6.54 Å². The lowest BCUT2D eigenvalue weighted by molar-refractivity contribution is 0.247. The van der Waals surface area contributed by atoms with E-state index in [1.807, 2.05) is 49.4 Å². The molecule has 0 unspecified atom stereocenters. The zero-order chi connectivity index (χ0) is 17.6. The number of aryl methyl sites for hydroxylation is 1. The first-order valence-electron chi connectivity index (χ1n) is 8.19. The van der Waals surface area contributed by atoms with Gasteiger partial charge in [0.2, 0.25) is 0 Å². The molecule has 0 atom stereocenters. The van der Waals surface area contributed by atoms with E-state index in [4.69, 9.17) is 4.74 Å². The summed E-state index contributed by atoms with van der Waals surface area (Å²) in [6.07, 6.45) is 0. The Morgan fingerprint density at radius 2 is 1.79 bits per heavy atom. The van der Waals surface area contributed by atoms with Crippen molar-refractivity contribution in [1.82, 2.24) is 5.32 Å². The molecule has 0 heterocycles. The van der Waals surface area contributed by atoms with Gasteiger partial charge in [0.1, 0.15) is 12.4 Å². The summed E-state index contributed by atoms with van der Waals surface area (Å²) in [5.41, 5.74) is 3.25. The smallest absolute Gasteiger partial charge is 0.319 e. The second-order valence-electron chi connectivity index (χ2n) is 6.87. The van der Waals surface area contributed by atoms with Gasteiger partial charge in [0.15, 0.2) is 0 Å². The molecule has 0 aliphatic rings. The van der Waals surface area contributed by atoms with Crippen molar-refractivity contribution in [1.29, 1.82) is 0 Å². The monoisotopic (exact) mass is 326 g/mol. The van der Waals surface area contributed by atoms with Crippen LogP contribution in [-0.4, -0.2) is 19.2 Å². The third-order valence-electron chi connectivity index (χ3n) is 3.67. The van der Waals surface area contributed by atoms with Gasteiger partial charge < -0.3 is 15.4 Å². The highest BCUT2D eigenvalue weighted by Crippen LogP contribution is 2.25. The minimum absolute atomic E-state index is 0.0888. The molecular weight excluding hydrogens is 300 g/mol. The van der Waals surface area contributed by atoms with Crippen LogP contribution in [0.4, 0.5) is 10.5 Å². The maximum absolute atomic E-state index is 11.8. The summed E-state index contributed by atoms with van der Waals surface area (Å²) in [5.74, 6) is 0.822. The summed E-state index contributed by atoms with van der Waals surface area (Å²) in [6.45, 7) is 9.39. The molecule has 0 aliphatic carbocycles. The average Bonchev–Trinajstić information content (AvgIpc) is 2.53. The van der Waals surface area contributed by atoms with Crippen LogP contribution in [-0.2, 0) is 5.41 Å². The first-order chi connectivity index (χ1) is 11.3. The largest absolute Gasteiger partial charge is 0.492 e. The van der Waals surface area contributed by atoms with E-state index in [0.29, 0.717) is 13.2 Å². The highest BCUT2D eigenvalue weighted by Gasteiger charge is 2.13. The highest BCUT2D eigenvalue weighted by molar-refractivity contribution is 5.89. The lowest BCUT2D eigenvalue weighted by Gasteiger charge is -2.19. The van der Waals surface area contributed by atoms with Gasteiger partial charge in [-0.05, 0) is 42.2 Å². The number of nitrogens with one attached hydrogen (secondary N) is 2. The van der Waals surface area contributed by atoms with E-state index >= 15 is 0 Å². The van der Waals surface area contributed by atoms with E-state index in [-0.39, 0.29) is 11.4 Å². The van der Waals surface area contributed by atoms with Crippen molar-refractivity contribution in [3.05, 3.63) is 59.7 Å². The van der Waals surface area contributed by atoms with Crippen LogP contribution >= 0.6 is 0 Å². The van der Waals surface area contributed by atoms with Gasteiger partial charge in [-0.2, -0.15) is 0 Å². The molecule has 0 saturated heterocycles. The number of amides is 2. The third kappa shape index (κ3) is 5.61. The number of carbonyl (C=O) groups is 1. The fraction of sp³-hybridized carbons (Fsp3) is 0.350. The molecule has 128 valence electrons. The maximum atomic E-state index is 11.8. The number of carbonyl (C=O) groups excluding carboxylic acids is 1. The Morgan fingerprint density at radius 1 is 1.08 bits per heavy atom. The van der Waals surface area contributed by atoms with Gasteiger partial charge in [-0.3, -0.25) is 0 Å². The summed E-state index contributed by atoms with van der Waals surface area (Å²) in [4.78, 5) is 11.8. The van der Waals surface area contributed by atoms with Gasteiger partial charge in [-0.1, -0.05) is 50.6 Å². The van der Waals surface area contributed by atoms with E-state index in [1.165, 1.54) is 5.56 Å². The Kier molecular flexibility index (Phi) is 5.85. The zero-order valence-corrected chi connectivity index (χ0v) is 14.8. The molecule has 0 saturated carbocycles. The summed E-state index contributed by atoms with van der Waals surface area (Å²) < 4.78 is 5.72. The van der Waals surface area contributed by atoms with Crippen LogP contribution in [0.15, 0.2) is 48.5 Å². The molecule has 24 heavy (non-hydrogen) atoms. The van der Waals surface area contributed by atoms with Crippen LogP contribution in [0.1, 0.15) is 31.9 Å². The quantitative estimate of drug-likeness (QED) is 0.795. The van der Waals surface area contributed by atoms with Gasteiger partial charge >= 0.3 is 6.03 Å². The number of anilines is 1. The van der Waals surface area contributed by atoms with Crippen LogP contribution in [0.25, 0.3) is 0 Å². The lowest BCUT2D eigenvalue weighted by Crippen LogP contribution is -2.32. The van der Waals surface area contributed by atoms with Crippen molar-refractivity contribution < 1.29 is 9.53 Å². The van der Waals surface area contributed by atoms with Crippen LogP contribution in [0.5, 0.6) is 5.75 Å². The average molecular weight is 326 g/mol. The Hall–Kier alpha value is -2.49. The van der Waals surface area contributed by atoms with Crippen LogP contribution < -0.4 is 15.4 Å². The molecule has 0 spiro atoms. The maximum Gasteiger partial charge on any atom is 0.319 e. The standard InChI is InChI=1S/C20H26N2O2/c1-15-8-10-17(11-9-15)22-19(23)21-12-13-24-18-7-5-6-16(14-18)20(2,3)4/h5-11,14H,12-13H2,1-4H3,(H2,21,22,23). The summed E-state index contributed by atoms with van der Waals surface area (Å²) in [6, 6.07) is 15.5. The van der Waals surface area contributed by atoms with Crippen molar-refractivity contribution >= 4 is 11.7 Å². The predicted molar refractivity (Wildman–Crippen MR) is 98.8 cm³/mol. The fourth-order valence-electron chi connectivity index (χ4n) is 2.20. The summed E-state index contributed by atoms with van der Waals surface area (Å²) in [5, 5.41) is 5.58. The molecule has 0 radical (unpaired) electrons. The molecule has 0 aliphatic heterocycles. The minimum Gasteiger partial charge on any atom is -0.492 e. The SMILES string of the molecule is Cc1ccc(NC(=O)NCCOc2cccc(C(C)(C)C)c2)cc1. The number of hydrogen-bond acceptors (Lipinski definition) is 2. The van der Waals surface area contributed by atoms with Gasteiger partial charge in [-0.15, -0.1) is 0 Å². The van der Waals surface area contributed by atoms with Gasteiger partial charge in [-0.25, -0.2) is 4.79 Å². The van der Waals surface area contributed by atoms with Gasteiger partial charge in [0.25, 0.3) is 0 Å². The van der Waals surface area contributed by atoms with Crippen molar-refractivity contribution in [2.45, 2.75) is 33.1 Å². The van der Waals surface area contributed by atoms with Crippen molar-refractivity contribution in [2.75, 3.05) is 18.5 Å². The van der Waals surface area contributed by atoms with E-state index in [1.54, 1.807) is 0 Å². The first-order valence-corrected chi connectivity index (χ1v) is 8.19. The third-order valence-corrected chi connectivity index (χ3v) is 3.67. The summed E-state index contributed by atoms with van der Waals surface area (Å²) >= 11 is 0. The van der Waals surface area contributed by atoms with Crippen molar-refractivity contribution in [3.63, 3.8) is 0 Å². The molecule has 2 rings (SSSR count). The van der Waals surface area contributed by atoms with Crippen LogP contribution in [0.3, 0.4) is 0 Å². The van der Waals surface area contributed by atoms with E-state index in [2.05, 4.69) is 37.5 Å². The molecule has 2 amide bonds. The highest BCUT2D eigenvalue weighted by atomic mass is 16.5. The number of benzene rings is 2. The lowest BCUT2D eigenvalue weighted by atomic mass is 9.87. The van der Waals surface area contributed by atoms with E-state index in [0.717, 1.165) is 17.0 Å². The minimum atomic E-state index is -0.231. The molecule has 0 aromatic heterocycles. The van der Waals surface area contributed by atoms with Crippen LogP contribution in [0.2, 0.25) is 0 Å². The molecular formula is C20H26N2O2. The number of rotatable bonds is 5. The molecule has 2 N–H and O–H groups in total. The van der Waals surface area contributed by atoms with Crippen molar-refractivity contribution in [3.8, 4) is 5.75 Å². The molecule has 2 aromatic carbocycles. The number of ether oxygens (including phenoxy) is 1. The second-order valence-corrected chi connectivity index (χ2v) is 6.87. The van der Waals surface area contributed by atoms with Gasteiger partial charge in [0, 0.05) is 5.69 Å². The Labute approximate surface area is 144 Å². The first kappa shape index (κ1) is 17.9. The number of hydrogen-bond donors (Lipinski definition) is 2. The second kappa shape index (κ2) is 7.86. The molecule has 4 nitrogen and oxygen atoms in total. The molecule has 0 fully saturated rings. The molecule has 2 aromatic rings. The normalized spacial score (nSPS) is 11.0. The molecule has 4 heteroatoms. The predicted octanol–water partition coefficient (Wildman–Crippen LogP) is 4.49. The molecule has 0 bridgehead atoms. The Balaban J connectivity index is 1.74. The van der Waals surface area contributed by atoms with E-state index in [9.17, 15) is 4.79 Å². The zero-order valence-electron chi connectivity index (χ0n) is 14.8. The fourth-order valence-corrected chi connectivity index (χ4v) is 2.20.